The van der Waals surface area contributed by atoms with Crippen molar-refractivity contribution in [1.29, 1.82) is 0 Å². The van der Waals surface area contributed by atoms with Gasteiger partial charge in [0, 0.05) is 13.2 Å². The number of phenols is 1. The molecule has 0 fully saturated rings. The Balaban J connectivity index is 2.55. The monoisotopic (exact) mass is 209 g/mol. The second kappa shape index (κ2) is 5.73. The van der Waals surface area contributed by atoms with E-state index in [0.717, 1.165) is 30.6 Å². The Bertz CT molecular complexity index is 300. The average molecular weight is 209 g/mol. The first-order chi connectivity index (χ1) is 7.15. The molecule has 0 saturated carbocycles. The summed E-state index contributed by atoms with van der Waals surface area (Å²) in [5.74, 6) is 0.383. The molecule has 15 heavy (non-hydrogen) atoms. The fraction of sp³-hybridized carbons (Fsp3) is 0.500. The Labute approximate surface area is 90.8 Å². The van der Waals surface area contributed by atoms with Crippen LogP contribution in [0.2, 0.25) is 0 Å². The Morgan fingerprint density at radius 3 is 2.33 bits per heavy atom. The van der Waals surface area contributed by atoms with Crippen LogP contribution in [0.25, 0.3) is 0 Å². The second-order valence-electron chi connectivity index (χ2n) is 3.83. The molecule has 0 atom stereocenters. The molecular formula is C12H19NO2. The molecule has 0 unspecified atom stereocenters. The van der Waals surface area contributed by atoms with Crippen molar-refractivity contribution in [3.05, 3.63) is 28.8 Å². The Morgan fingerprint density at radius 2 is 1.80 bits per heavy atom. The molecule has 1 aromatic carbocycles. The molecule has 0 saturated heterocycles. The van der Waals surface area contributed by atoms with Crippen LogP contribution in [-0.4, -0.2) is 23.4 Å². The number of aliphatic hydroxyl groups excluding tert-OH is 1. The second-order valence-corrected chi connectivity index (χ2v) is 3.83. The van der Waals surface area contributed by atoms with Crippen LogP contribution in [0, 0.1) is 13.8 Å². The number of benzene rings is 1. The summed E-state index contributed by atoms with van der Waals surface area (Å²) >= 11 is 0. The minimum absolute atomic E-state index is 0.223. The summed E-state index contributed by atoms with van der Waals surface area (Å²) in [5.41, 5.74) is 2.99. The van der Waals surface area contributed by atoms with Gasteiger partial charge in [-0.15, -0.1) is 0 Å². The Morgan fingerprint density at radius 1 is 1.20 bits per heavy atom. The third kappa shape index (κ3) is 3.53. The number of phenolic OH excluding ortho intramolecular Hbond substituents is 1. The van der Waals surface area contributed by atoms with Gasteiger partial charge in [0.1, 0.15) is 5.75 Å². The van der Waals surface area contributed by atoms with Gasteiger partial charge in [-0.1, -0.05) is 12.1 Å². The molecule has 3 N–H and O–H groups in total. The number of aliphatic hydroxyl groups is 1. The predicted molar refractivity (Wildman–Crippen MR) is 61.0 cm³/mol. The molecule has 0 heterocycles. The van der Waals surface area contributed by atoms with E-state index < -0.39 is 0 Å². The first-order valence-electron chi connectivity index (χ1n) is 5.26. The van der Waals surface area contributed by atoms with E-state index in [1.807, 2.05) is 26.0 Å². The van der Waals surface area contributed by atoms with Crippen LogP contribution in [0.1, 0.15) is 23.1 Å². The van der Waals surface area contributed by atoms with Gasteiger partial charge in [-0.3, -0.25) is 0 Å². The number of aromatic hydroxyl groups is 1. The molecule has 0 radical (unpaired) electrons. The Hall–Kier alpha value is -1.06. The van der Waals surface area contributed by atoms with Crippen molar-refractivity contribution in [2.24, 2.45) is 0 Å². The Kier molecular flexibility index (Phi) is 4.59. The number of hydrogen-bond donors (Lipinski definition) is 3. The maximum absolute atomic E-state index is 9.59. The van der Waals surface area contributed by atoms with Gasteiger partial charge in [0.25, 0.3) is 0 Å². The van der Waals surface area contributed by atoms with Gasteiger partial charge in [0.15, 0.2) is 0 Å². The first-order valence-corrected chi connectivity index (χ1v) is 5.26. The molecule has 3 heteroatoms. The van der Waals surface area contributed by atoms with Crippen molar-refractivity contribution in [2.75, 3.05) is 13.2 Å². The van der Waals surface area contributed by atoms with Gasteiger partial charge in [-0.2, -0.15) is 0 Å². The predicted octanol–water partition coefficient (Wildman–Crippen LogP) is 1.48. The lowest BCUT2D eigenvalue weighted by atomic mass is 10.1. The highest BCUT2D eigenvalue weighted by Crippen LogP contribution is 2.22. The van der Waals surface area contributed by atoms with Crippen molar-refractivity contribution in [3.63, 3.8) is 0 Å². The average Bonchev–Trinajstić information content (AvgIpc) is 2.21. The molecule has 0 aromatic heterocycles. The fourth-order valence-electron chi connectivity index (χ4n) is 1.58. The van der Waals surface area contributed by atoms with Crippen molar-refractivity contribution in [1.82, 2.24) is 5.32 Å². The lowest BCUT2D eigenvalue weighted by molar-refractivity contribution is 0.286. The first kappa shape index (κ1) is 12.0. The van der Waals surface area contributed by atoms with Gasteiger partial charge in [-0.05, 0) is 43.5 Å². The highest BCUT2D eigenvalue weighted by molar-refractivity contribution is 5.42. The zero-order chi connectivity index (χ0) is 11.3. The van der Waals surface area contributed by atoms with Gasteiger partial charge >= 0.3 is 0 Å². The highest BCUT2D eigenvalue weighted by Gasteiger charge is 2.02. The largest absolute Gasteiger partial charge is 0.507 e. The molecule has 1 aromatic rings. The molecule has 0 aliphatic carbocycles. The van der Waals surface area contributed by atoms with Crippen LogP contribution in [0.15, 0.2) is 12.1 Å². The molecule has 3 nitrogen and oxygen atoms in total. The van der Waals surface area contributed by atoms with Crippen LogP contribution >= 0.6 is 0 Å². The van der Waals surface area contributed by atoms with E-state index in [0.29, 0.717) is 5.75 Å². The summed E-state index contributed by atoms with van der Waals surface area (Å²) in [7, 11) is 0. The number of nitrogens with one attached hydrogen (secondary N) is 1. The number of hydrogen-bond acceptors (Lipinski definition) is 3. The summed E-state index contributed by atoms with van der Waals surface area (Å²) < 4.78 is 0. The molecule has 84 valence electrons. The standard InChI is InChI=1S/C12H19NO2/c1-9-6-11(7-10(2)12(9)15)8-13-4-3-5-14/h6-7,13-15H,3-5,8H2,1-2H3. The number of rotatable bonds is 5. The van der Waals surface area contributed by atoms with E-state index in [-0.39, 0.29) is 6.61 Å². The van der Waals surface area contributed by atoms with Gasteiger partial charge < -0.3 is 15.5 Å². The summed E-state index contributed by atoms with van der Waals surface area (Å²) in [5, 5.41) is 21.4. The number of aryl methyl sites for hydroxylation is 2. The van der Waals surface area contributed by atoms with E-state index in [9.17, 15) is 5.11 Å². The van der Waals surface area contributed by atoms with Crippen LogP contribution in [-0.2, 0) is 6.54 Å². The minimum Gasteiger partial charge on any atom is -0.507 e. The maximum atomic E-state index is 9.59. The van der Waals surface area contributed by atoms with Gasteiger partial charge in [0.2, 0.25) is 0 Å². The van der Waals surface area contributed by atoms with Crippen LogP contribution < -0.4 is 5.32 Å². The lowest BCUT2D eigenvalue weighted by Gasteiger charge is -2.08. The SMILES string of the molecule is Cc1cc(CNCCCO)cc(C)c1O. The molecule has 0 amide bonds. The van der Waals surface area contributed by atoms with Crippen molar-refractivity contribution in [2.45, 2.75) is 26.8 Å². The molecular weight excluding hydrogens is 190 g/mol. The highest BCUT2D eigenvalue weighted by atomic mass is 16.3. The third-order valence-corrected chi connectivity index (χ3v) is 2.39. The third-order valence-electron chi connectivity index (χ3n) is 2.39. The molecule has 0 aliphatic rings. The summed E-state index contributed by atoms with van der Waals surface area (Å²) in [6.07, 6.45) is 0.774. The van der Waals surface area contributed by atoms with Gasteiger partial charge in [-0.25, -0.2) is 0 Å². The van der Waals surface area contributed by atoms with Crippen LogP contribution in [0.4, 0.5) is 0 Å². The fourth-order valence-corrected chi connectivity index (χ4v) is 1.58. The molecule has 1 rings (SSSR count). The summed E-state index contributed by atoms with van der Waals surface area (Å²) in [6, 6.07) is 3.96. The van der Waals surface area contributed by atoms with Crippen molar-refractivity contribution < 1.29 is 10.2 Å². The molecule has 0 spiro atoms. The molecule has 0 aliphatic heterocycles. The minimum atomic E-state index is 0.223. The molecule has 0 bridgehead atoms. The van der Waals surface area contributed by atoms with E-state index in [1.165, 1.54) is 5.56 Å². The summed E-state index contributed by atoms with van der Waals surface area (Å²) in [4.78, 5) is 0. The van der Waals surface area contributed by atoms with E-state index in [1.54, 1.807) is 0 Å². The van der Waals surface area contributed by atoms with E-state index >= 15 is 0 Å². The van der Waals surface area contributed by atoms with Crippen molar-refractivity contribution >= 4 is 0 Å². The van der Waals surface area contributed by atoms with Gasteiger partial charge in [0.05, 0.1) is 0 Å². The van der Waals surface area contributed by atoms with E-state index in [2.05, 4.69) is 5.32 Å². The van der Waals surface area contributed by atoms with Crippen LogP contribution in [0.3, 0.4) is 0 Å². The topological polar surface area (TPSA) is 52.5 Å². The normalized spacial score (nSPS) is 10.6. The quantitative estimate of drug-likeness (QED) is 0.644. The zero-order valence-electron chi connectivity index (χ0n) is 9.38. The maximum Gasteiger partial charge on any atom is 0.121 e. The van der Waals surface area contributed by atoms with Crippen LogP contribution in [0.5, 0.6) is 5.75 Å². The van der Waals surface area contributed by atoms with Crippen molar-refractivity contribution in [3.8, 4) is 5.75 Å². The lowest BCUT2D eigenvalue weighted by Crippen LogP contribution is -2.15. The smallest absolute Gasteiger partial charge is 0.121 e. The van der Waals surface area contributed by atoms with E-state index in [4.69, 9.17) is 5.11 Å². The zero-order valence-corrected chi connectivity index (χ0v) is 9.38. The summed E-state index contributed by atoms with van der Waals surface area (Å²) in [6.45, 7) is 5.62.